The normalized spacial score (nSPS) is 10.8. The molecule has 124 valence electrons. The van der Waals surface area contributed by atoms with E-state index in [2.05, 4.69) is 4.98 Å². The first-order valence-corrected chi connectivity index (χ1v) is 7.43. The molecule has 1 heterocycles. The summed E-state index contributed by atoms with van der Waals surface area (Å²) in [7, 11) is 2.65. The van der Waals surface area contributed by atoms with Gasteiger partial charge in [-0.15, -0.1) is 11.3 Å². The zero-order valence-electron chi connectivity index (χ0n) is 12.5. The lowest BCUT2D eigenvalue weighted by molar-refractivity contribution is -0.384. The molecule has 0 fully saturated rings. The van der Waals surface area contributed by atoms with Gasteiger partial charge in [-0.2, -0.15) is 0 Å². The lowest BCUT2D eigenvalue weighted by atomic mass is 10.2. The number of ether oxygens (including phenoxy) is 2. The third kappa shape index (κ3) is 2.42. The Bertz CT molecular complexity index is 938. The van der Waals surface area contributed by atoms with Crippen molar-refractivity contribution >= 4 is 27.2 Å². The molecular weight excluding hydrogens is 342 g/mol. The van der Waals surface area contributed by atoms with Gasteiger partial charge in [-0.05, 0) is 12.1 Å². The standard InChI is InChI=1S/C15H10F2N2O4S/c1-22-9-6-10(23-2)14-12(13(9)19(20)21)18-15(24-14)11-7(16)4-3-5-8(11)17/h3-6H,1-2H3. The Balaban J connectivity index is 2.39. The number of fused-ring (bicyclic) bond motifs is 1. The molecule has 2 aromatic carbocycles. The van der Waals surface area contributed by atoms with Crippen LogP contribution in [0.5, 0.6) is 11.5 Å². The van der Waals surface area contributed by atoms with Crippen LogP contribution in [-0.2, 0) is 0 Å². The fourth-order valence-electron chi connectivity index (χ4n) is 2.31. The first kappa shape index (κ1) is 16.1. The second-order valence-electron chi connectivity index (χ2n) is 4.68. The van der Waals surface area contributed by atoms with Crippen molar-refractivity contribution in [2.45, 2.75) is 0 Å². The summed E-state index contributed by atoms with van der Waals surface area (Å²) in [5.41, 5.74) is -0.764. The van der Waals surface area contributed by atoms with Crippen LogP contribution >= 0.6 is 11.3 Å². The van der Waals surface area contributed by atoms with E-state index in [1.165, 1.54) is 26.4 Å². The van der Waals surface area contributed by atoms with Gasteiger partial charge in [0.2, 0.25) is 5.75 Å². The van der Waals surface area contributed by atoms with Crippen LogP contribution in [0.4, 0.5) is 14.5 Å². The molecule has 0 saturated carbocycles. The number of aromatic nitrogens is 1. The summed E-state index contributed by atoms with van der Waals surface area (Å²) in [6.07, 6.45) is 0. The van der Waals surface area contributed by atoms with Crippen molar-refractivity contribution in [2.75, 3.05) is 14.2 Å². The van der Waals surface area contributed by atoms with Gasteiger partial charge in [-0.3, -0.25) is 10.1 Å². The topological polar surface area (TPSA) is 74.5 Å². The number of nitrogens with zero attached hydrogens (tertiary/aromatic N) is 2. The molecule has 0 radical (unpaired) electrons. The van der Waals surface area contributed by atoms with E-state index in [9.17, 15) is 18.9 Å². The number of rotatable bonds is 4. The molecule has 0 N–H and O–H groups in total. The number of nitro groups is 1. The summed E-state index contributed by atoms with van der Waals surface area (Å²) in [5.74, 6) is -1.38. The maximum absolute atomic E-state index is 14.0. The Hall–Kier alpha value is -2.81. The van der Waals surface area contributed by atoms with Crippen LogP contribution in [0.15, 0.2) is 24.3 Å². The van der Waals surface area contributed by atoms with Gasteiger partial charge >= 0.3 is 5.69 Å². The lowest BCUT2D eigenvalue weighted by Crippen LogP contribution is -1.96. The van der Waals surface area contributed by atoms with E-state index in [0.717, 1.165) is 23.5 Å². The third-order valence-electron chi connectivity index (χ3n) is 3.37. The third-order valence-corrected chi connectivity index (χ3v) is 4.46. The van der Waals surface area contributed by atoms with Crippen molar-refractivity contribution < 1.29 is 23.2 Å². The molecule has 6 nitrogen and oxygen atoms in total. The molecule has 0 aliphatic rings. The molecule has 0 unspecified atom stereocenters. The molecule has 9 heteroatoms. The molecule has 1 aromatic heterocycles. The largest absolute Gasteiger partial charge is 0.495 e. The van der Waals surface area contributed by atoms with Gasteiger partial charge in [0.05, 0.1) is 24.7 Å². The molecule has 0 aliphatic carbocycles. The van der Waals surface area contributed by atoms with E-state index in [1.807, 2.05) is 0 Å². The van der Waals surface area contributed by atoms with Crippen molar-refractivity contribution in [3.05, 3.63) is 46.0 Å². The van der Waals surface area contributed by atoms with Crippen molar-refractivity contribution in [3.63, 3.8) is 0 Å². The second kappa shape index (κ2) is 6.00. The van der Waals surface area contributed by atoms with E-state index >= 15 is 0 Å². The fourth-order valence-corrected chi connectivity index (χ4v) is 3.42. The number of methoxy groups -OCH3 is 2. The number of benzene rings is 2. The Labute approximate surface area is 138 Å². The van der Waals surface area contributed by atoms with Crippen LogP contribution in [0.1, 0.15) is 0 Å². The first-order chi connectivity index (χ1) is 11.5. The van der Waals surface area contributed by atoms with Crippen molar-refractivity contribution in [3.8, 4) is 22.1 Å². The van der Waals surface area contributed by atoms with E-state index in [4.69, 9.17) is 9.47 Å². The predicted octanol–water partition coefficient (Wildman–Crippen LogP) is 4.17. The number of hydrogen-bond donors (Lipinski definition) is 0. The minimum absolute atomic E-state index is 0.0183. The van der Waals surface area contributed by atoms with Gasteiger partial charge in [0.15, 0.2) is 5.52 Å². The number of thiazole rings is 1. The van der Waals surface area contributed by atoms with Crippen LogP contribution in [0.2, 0.25) is 0 Å². The SMILES string of the molecule is COc1cc(OC)c2sc(-c3c(F)cccc3F)nc2c1[N+](=O)[O-]. The van der Waals surface area contributed by atoms with E-state index in [-0.39, 0.29) is 33.3 Å². The first-order valence-electron chi connectivity index (χ1n) is 6.62. The van der Waals surface area contributed by atoms with Gasteiger partial charge in [0, 0.05) is 6.07 Å². The van der Waals surface area contributed by atoms with Crippen LogP contribution in [-0.4, -0.2) is 24.1 Å². The molecule has 0 bridgehead atoms. The van der Waals surface area contributed by atoms with Crippen molar-refractivity contribution in [1.82, 2.24) is 4.98 Å². The average Bonchev–Trinajstić information content (AvgIpc) is 2.96. The summed E-state index contributed by atoms with van der Waals surface area (Å²) in [5, 5.41) is 11.4. The van der Waals surface area contributed by atoms with Gasteiger partial charge in [-0.25, -0.2) is 13.8 Å². The summed E-state index contributed by atoms with van der Waals surface area (Å²) >= 11 is 0.905. The molecule has 0 aliphatic heterocycles. The van der Waals surface area contributed by atoms with Crippen LogP contribution in [0, 0.1) is 21.7 Å². The van der Waals surface area contributed by atoms with Gasteiger partial charge in [0.1, 0.15) is 27.1 Å². The summed E-state index contributed by atoms with van der Waals surface area (Å²) < 4.78 is 38.5. The highest BCUT2D eigenvalue weighted by molar-refractivity contribution is 7.22. The monoisotopic (exact) mass is 352 g/mol. The van der Waals surface area contributed by atoms with Crippen LogP contribution in [0.3, 0.4) is 0 Å². The quantitative estimate of drug-likeness (QED) is 0.520. The second-order valence-corrected chi connectivity index (χ2v) is 5.68. The summed E-state index contributed by atoms with van der Waals surface area (Å²) in [4.78, 5) is 14.8. The molecule has 0 saturated heterocycles. The van der Waals surface area contributed by atoms with Crippen LogP contribution in [0.25, 0.3) is 20.8 Å². The van der Waals surface area contributed by atoms with Crippen LogP contribution < -0.4 is 9.47 Å². The van der Waals surface area contributed by atoms with Crippen molar-refractivity contribution in [2.24, 2.45) is 0 Å². The Morgan fingerprint density at radius 3 is 2.33 bits per heavy atom. The predicted molar refractivity (Wildman–Crippen MR) is 84.7 cm³/mol. The smallest absolute Gasteiger partial charge is 0.338 e. The zero-order chi connectivity index (χ0) is 17.4. The zero-order valence-corrected chi connectivity index (χ0v) is 13.3. The van der Waals surface area contributed by atoms with Gasteiger partial charge in [0.25, 0.3) is 0 Å². The molecule has 24 heavy (non-hydrogen) atoms. The fraction of sp³-hybridized carbons (Fsp3) is 0.133. The molecule has 0 amide bonds. The number of nitro benzene ring substituents is 1. The number of hydrogen-bond acceptors (Lipinski definition) is 6. The molecular formula is C15H10F2N2O4S. The summed E-state index contributed by atoms with van der Waals surface area (Å²) in [6.45, 7) is 0. The van der Waals surface area contributed by atoms with E-state index in [0.29, 0.717) is 4.70 Å². The Morgan fingerprint density at radius 2 is 1.79 bits per heavy atom. The van der Waals surface area contributed by atoms with Gasteiger partial charge in [-0.1, -0.05) is 6.07 Å². The van der Waals surface area contributed by atoms with E-state index < -0.39 is 16.6 Å². The Morgan fingerprint density at radius 1 is 1.17 bits per heavy atom. The summed E-state index contributed by atoms with van der Waals surface area (Å²) in [6, 6.07) is 4.76. The number of halogens is 2. The lowest BCUT2D eigenvalue weighted by Gasteiger charge is -2.05. The van der Waals surface area contributed by atoms with Crippen molar-refractivity contribution in [1.29, 1.82) is 0 Å². The average molecular weight is 352 g/mol. The minimum Gasteiger partial charge on any atom is -0.495 e. The maximum atomic E-state index is 14.0. The highest BCUT2D eigenvalue weighted by atomic mass is 32.1. The molecule has 0 atom stereocenters. The van der Waals surface area contributed by atoms with E-state index in [1.54, 1.807) is 0 Å². The highest BCUT2D eigenvalue weighted by Crippen LogP contribution is 2.45. The van der Waals surface area contributed by atoms with Gasteiger partial charge < -0.3 is 9.47 Å². The Kier molecular flexibility index (Phi) is 4.02. The molecule has 3 aromatic rings. The molecule has 0 spiro atoms. The molecule has 3 rings (SSSR count). The minimum atomic E-state index is -0.803. The maximum Gasteiger partial charge on any atom is 0.338 e. The highest BCUT2D eigenvalue weighted by Gasteiger charge is 2.28.